The topological polar surface area (TPSA) is 96.5 Å². The van der Waals surface area contributed by atoms with E-state index in [1.807, 2.05) is 0 Å². The number of alkyl halides is 1. The molecule has 0 aromatic rings. The van der Waals surface area contributed by atoms with Crippen LogP contribution in [0.4, 0.5) is 4.79 Å². The van der Waals surface area contributed by atoms with Crippen LogP contribution in [0.2, 0.25) is 0 Å². The molecule has 2 atom stereocenters. The molecule has 0 spiro atoms. The first-order chi connectivity index (χ1) is 10.1. The summed E-state index contributed by atoms with van der Waals surface area (Å²) in [5.74, 6) is -0.715. The van der Waals surface area contributed by atoms with Crippen LogP contribution in [0, 0.1) is 0 Å². The molecule has 3 amide bonds. The minimum Gasteiger partial charge on any atom is -0.444 e. The average Bonchev–Trinajstić information content (AvgIpc) is 2.36. The summed E-state index contributed by atoms with van der Waals surface area (Å²) in [4.78, 5) is 35.2. The van der Waals surface area contributed by atoms with Crippen LogP contribution in [-0.2, 0) is 14.3 Å². The van der Waals surface area contributed by atoms with Gasteiger partial charge in [0.05, 0.1) is 0 Å². The van der Waals surface area contributed by atoms with Crippen LogP contribution in [-0.4, -0.2) is 47.5 Å². The number of halogens is 1. The van der Waals surface area contributed by atoms with E-state index in [-0.39, 0.29) is 5.91 Å². The van der Waals surface area contributed by atoms with Crippen molar-refractivity contribution in [2.45, 2.75) is 58.7 Å². The maximum atomic E-state index is 11.9. The first kappa shape index (κ1) is 20.7. The Labute approximate surface area is 140 Å². The van der Waals surface area contributed by atoms with Crippen molar-refractivity contribution >= 4 is 33.8 Å². The van der Waals surface area contributed by atoms with Gasteiger partial charge in [0.15, 0.2) is 0 Å². The molecule has 0 heterocycles. The number of nitrogens with one attached hydrogen (secondary N) is 3. The summed E-state index contributed by atoms with van der Waals surface area (Å²) in [5, 5.41) is 8.46. The van der Waals surface area contributed by atoms with Gasteiger partial charge in [0.1, 0.15) is 17.7 Å². The first-order valence-electron chi connectivity index (χ1n) is 7.20. The maximum absolute atomic E-state index is 11.9. The standard InChI is InChI=1S/C14H26BrN3O4/c1-9(11(19)16-8-6-7-15)17-12(20)10(2)18-13(21)22-14(3,4)5/h9-10H,6-8H2,1-5H3,(H,16,19)(H,17,20)(H,18,21)/t9-,10-/m1/s1. The van der Waals surface area contributed by atoms with Crippen molar-refractivity contribution in [2.75, 3.05) is 11.9 Å². The summed E-state index contributed by atoms with van der Waals surface area (Å²) in [6.45, 7) is 8.84. The van der Waals surface area contributed by atoms with Gasteiger partial charge in [-0.1, -0.05) is 15.9 Å². The summed E-state index contributed by atoms with van der Waals surface area (Å²) in [6.07, 6.45) is 0.132. The third kappa shape index (κ3) is 9.59. The number of amides is 3. The van der Waals surface area contributed by atoms with Gasteiger partial charge in [-0.15, -0.1) is 0 Å². The molecule has 0 aromatic carbocycles. The lowest BCUT2D eigenvalue weighted by molar-refractivity contribution is -0.129. The van der Waals surface area contributed by atoms with E-state index in [0.717, 1.165) is 11.8 Å². The second-order valence-corrected chi connectivity index (χ2v) is 6.72. The van der Waals surface area contributed by atoms with Crippen molar-refractivity contribution in [2.24, 2.45) is 0 Å². The van der Waals surface area contributed by atoms with Gasteiger partial charge in [0, 0.05) is 11.9 Å². The van der Waals surface area contributed by atoms with Crippen LogP contribution in [0.5, 0.6) is 0 Å². The highest BCUT2D eigenvalue weighted by Crippen LogP contribution is 2.06. The Kier molecular flexibility index (Phi) is 9.08. The van der Waals surface area contributed by atoms with Gasteiger partial charge in [-0.3, -0.25) is 9.59 Å². The molecule has 22 heavy (non-hydrogen) atoms. The largest absolute Gasteiger partial charge is 0.444 e. The lowest BCUT2D eigenvalue weighted by Crippen LogP contribution is -2.52. The van der Waals surface area contributed by atoms with E-state index in [1.54, 1.807) is 27.7 Å². The van der Waals surface area contributed by atoms with Crippen LogP contribution in [0.25, 0.3) is 0 Å². The molecular weight excluding hydrogens is 354 g/mol. The fraction of sp³-hybridized carbons (Fsp3) is 0.786. The number of rotatable bonds is 7. The van der Waals surface area contributed by atoms with E-state index in [9.17, 15) is 14.4 Å². The highest BCUT2D eigenvalue weighted by molar-refractivity contribution is 9.09. The molecule has 0 saturated heterocycles. The molecule has 0 unspecified atom stereocenters. The number of alkyl carbamates (subject to hydrolysis) is 1. The number of hydrogen-bond acceptors (Lipinski definition) is 4. The van der Waals surface area contributed by atoms with Crippen molar-refractivity contribution in [3.8, 4) is 0 Å². The van der Waals surface area contributed by atoms with Gasteiger partial charge in [0.2, 0.25) is 11.8 Å². The molecule has 0 bridgehead atoms. The predicted octanol–water partition coefficient (Wildman–Crippen LogP) is 1.31. The molecule has 3 N–H and O–H groups in total. The summed E-state index contributed by atoms with van der Waals surface area (Å²) >= 11 is 3.27. The molecule has 0 aromatic heterocycles. The molecule has 8 heteroatoms. The molecular formula is C14H26BrN3O4. The minimum atomic E-state index is -0.798. The smallest absolute Gasteiger partial charge is 0.408 e. The van der Waals surface area contributed by atoms with E-state index in [1.165, 1.54) is 6.92 Å². The van der Waals surface area contributed by atoms with Crippen molar-refractivity contribution in [3.63, 3.8) is 0 Å². The SMILES string of the molecule is C[C@@H](NC(=O)OC(C)(C)C)C(=O)N[C@H](C)C(=O)NCCCBr. The highest BCUT2D eigenvalue weighted by Gasteiger charge is 2.23. The van der Waals surface area contributed by atoms with Crippen LogP contribution < -0.4 is 16.0 Å². The Morgan fingerprint density at radius 3 is 2.09 bits per heavy atom. The van der Waals surface area contributed by atoms with Crippen molar-refractivity contribution < 1.29 is 19.1 Å². The van der Waals surface area contributed by atoms with E-state index < -0.39 is 29.7 Å². The Morgan fingerprint density at radius 2 is 1.59 bits per heavy atom. The fourth-order valence-corrected chi connectivity index (χ4v) is 1.67. The average molecular weight is 380 g/mol. The van der Waals surface area contributed by atoms with Crippen LogP contribution in [0.1, 0.15) is 41.0 Å². The lowest BCUT2D eigenvalue weighted by Gasteiger charge is -2.22. The monoisotopic (exact) mass is 379 g/mol. The van der Waals surface area contributed by atoms with E-state index in [4.69, 9.17) is 4.74 Å². The number of carbonyl (C=O) groups is 3. The molecule has 128 valence electrons. The van der Waals surface area contributed by atoms with E-state index >= 15 is 0 Å². The van der Waals surface area contributed by atoms with Crippen LogP contribution in [0.3, 0.4) is 0 Å². The Balaban J connectivity index is 4.23. The Bertz CT molecular complexity index is 396. The predicted molar refractivity (Wildman–Crippen MR) is 87.9 cm³/mol. The van der Waals surface area contributed by atoms with Crippen LogP contribution in [0.15, 0.2) is 0 Å². The third-order valence-electron chi connectivity index (χ3n) is 2.49. The van der Waals surface area contributed by atoms with Gasteiger partial charge in [-0.25, -0.2) is 4.79 Å². The first-order valence-corrected chi connectivity index (χ1v) is 8.32. The lowest BCUT2D eigenvalue weighted by atomic mass is 10.2. The summed E-state index contributed by atoms with van der Waals surface area (Å²) < 4.78 is 5.06. The molecule has 7 nitrogen and oxygen atoms in total. The molecule has 0 fully saturated rings. The molecule has 0 saturated carbocycles. The Morgan fingerprint density at radius 1 is 1.05 bits per heavy atom. The van der Waals surface area contributed by atoms with Gasteiger partial charge >= 0.3 is 6.09 Å². The zero-order valence-electron chi connectivity index (χ0n) is 13.8. The van der Waals surface area contributed by atoms with Crippen molar-refractivity contribution in [1.29, 1.82) is 0 Å². The number of hydrogen-bond donors (Lipinski definition) is 3. The molecule has 0 rings (SSSR count). The van der Waals surface area contributed by atoms with Crippen molar-refractivity contribution in [3.05, 3.63) is 0 Å². The third-order valence-corrected chi connectivity index (χ3v) is 3.05. The summed E-state index contributed by atoms with van der Waals surface area (Å²) in [5.41, 5.74) is -0.636. The van der Waals surface area contributed by atoms with Gasteiger partial charge < -0.3 is 20.7 Å². The highest BCUT2D eigenvalue weighted by atomic mass is 79.9. The summed E-state index contributed by atoms with van der Waals surface area (Å²) in [7, 11) is 0. The zero-order chi connectivity index (χ0) is 17.3. The molecule has 0 aliphatic rings. The zero-order valence-corrected chi connectivity index (χ0v) is 15.4. The fourth-order valence-electron chi connectivity index (χ4n) is 1.39. The molecule has 0 aliphatic carbocycles. The second kappa shape index (κ2) is 9.66. The second-order valence-electron chi connectivity index (χ2n) is 5.93. The van der Waals surface area contributed by atoms with E-state index in [0.29, 0.717) is 6.54 Å². The number of carbonyl (C=O) groups excluding carboxylic acids is 3. The molecule has 0 radical (unpaired) electrons. The quantitative estimate of drug-likeness (QED) is 0.458. The molecule has 0 aliphatic heterocycles. The van der Waals surface area contributed by atoms with E-state index in [2.05, 4.69) is 31.9 Å². The summed E-state index contributed by atoms with van der Waals surface area (Å²) in [6, 6.07) is -1.47. The maximum Gasteiger partial charge on any atom is 0.408 e. The number of ether oxygens (including phenoxy) is 1. The van der Waals surface area contributed by atoms with Gasteiger partial charge in [0.25, 0.3) is 0 Å². The van der Waals surface area contributed by atoms with Crippen LogP contribution >= 0.6 is 15.9 Å². The van der Waals surface area contributed by atoms with Gasteiger partial charge in [-0.05, 0) is 41.0 Å². The van der Waals surface area contributed by atoms with Gasteiger partial charge in [-0.2, -0.15) is 0 Å². The van der Waals surface area contributed by atoms with Crippen molar-refractivity contribution in [1.82, 2.24) is 16.0 Å². The normalized spacial score (nSPS) is 13.7. The minimum absolute atomic E-state index is 0.265. The Hall–Kier alpha value is -1.31.